The lowest BCUT2D eigenvalue weighted by Crippen LogP contribution is -2.37. The summed E-state index contributed by atoms with van der Waals surface area (Å²) in [6, 6.07) is 8.57. The first-order valence-electron chi connectivity index (χ1n) is 10.6. The maximum absolute atomic E-state index is 13.8. The topological polar surface area (TPSA) is 88.9 Å². The Balaban J connectivity index is 1.32. The summed E-state index contributed by atoms with van der Waals surface area (Å²) in [5.41, 5.74) is 3.05. The minimum Gasteiger partial charge on any atom is -0.349 e. The van der Waals surface area contributed by atoms with Gasteiger partial charge in [-0.15, -0.1) is 5.10 Å². The van der Waals surface area contributed by atoms with Gasteiger partial charge in [0.2, 0.25) is 5.91 Å². The molecule has 0 unspecified atom stereocenters. The van der Waals surface area contributed by atoms with Crippen molar-refractivity contribution in [2.75, 3.05) is 6.54 Å². The van der Waals surface area contributed by atoms with E-state index in [1.165, 1.54) is 17.5 Å². The molecule has 3 aromatic rings. The Kier molecular flexibility index (Phi) is 6.71. The number of amides is 2. The fourth-order valence-electron chi connectivity index (χ4n) is 3.83. The Morgan fingerprint density at radius 3 is 2.73 bits per heavy atom. The fraction of sp³-hybridized carbons (Fsp3) is 0.304. The molecule has 1 aromatic heterocycles. The lowest BCUT2D eigenvalue weighted by Gasteiger charge is -2.18. The summed E-state index contributed by atoms with van der Waals surface area (Å²) < 4.78 is 41.0. The number of carbonyl (C=O) groups excluding carboxylic acids is 2. The van der Waals surface area contributed by atoms with Crippen molar-refractivity contribution in [3.63, 3.8) is 0 Å². The Bertz CT molecular complexity index is 1180. The standard InChI is InChI=1S/C23H22F3N5O2/c24-19-9-8-15(22(25)26)10-18(19)23(33)28-12-21(32)27-11-16-13-31(30-29-16)20-7-3-5-14-4-1-2-6-17(14)20/h3,5,7-10,13,22H,1-2,4,6,11-12H2,(H,27,32)(H,28,33). The highest BCUT2D eigenvalue weighted by atomic mass is 19.3. The van der Waals surface area contributed by atoms with Crippen molar-refractivity contribution < 1.29 is 22.8 Å². The van der Waals surface area contributed by atoms with E-state index in [0.717, 1.165) is 43.1 Å². The maximum Gasteiger partial charge on any atom is 0.263 e. The summed E-state index contributed by atoms with van der Waals surface area (Å²) in [5, 5.41) is 13.1. The summed E-state index contributed by atoms with van der Waals surface area (Å²) in [6.45, 7) is -0.365. The number of aromatic nitrogens is 3. The minimum absolute atomic E-state index is 0.0823. The zero-order valence-electron chi connectivity index (χ0n) is 17.7. The number of nitrogens with one attached hydrogen (secondary N) is 2. The van der Waals surface area contributed by atoms with Gasteiger partial charge >= 0.3 is 0 Å². The SMILES string of the molecule is O=C(CNC(=O)c1cc(C(F)F)ccc1F)NCc1cn(-c2cccc3c2CCCC3)nn1. The molecule has 1 heterocycles. The van der Waals surface area contributed by atoms with Crippen LogP contribution < -0.4 is 10.6 Å². The van der Waals surface area contributed by atoms with Crippen molar-refractivity contribution in [3.05, 3.63) is 76.4 Å². The van der Waals surface area contributed by atoms with Crippen molar-refractivity contribution in [2.45, 2.75) is 38.7 Å². The van der Waals surface area contributed by atoms with E-state index in [2.05, 4.69) is 27.0 Å². The highest BCUT2D eigenvalue weighted by Gasteiger charge is 2.18. The van der Waals surface area contributed by atoms with Gasteiger partial charge in [-0.25, -0.2) is 17.9 Å². The number of halogens is 3. The molecule has 33 heavy (non-hydrogen) atoms. The Hall–Kier alpha value is -3.69. The number of rotatable bonds is 7. The molecule has 1 aliphatic rings. The monoisotopic (exact) mass is 457 g/mol. The van der Waals surface area contributed by atoms with Gasteiger partial charge in [-0.05, 0) is 55.0 Å². The zero-order valence-corrected chi connectivity index (χ0v) is 17.7. The second-order valence-electron chi connectivity index (χ2n) is 7.78. The smallest absolute Gasteiger partial charge is 0.263 e. The molecule has 172 valence electrons. The molecule has 0 bridgehead atoms. The molecule has 0 fully saturated rings. The third-order valence-electron chi connectivity index (χ3n) is 5.52. The molecule has 2 N–H and O–H groups in total. The van der Waals surface area contributed by atoms with Crippen molar-refractivity contribution in [3.8, 4) is 5.69 Å². The summed E-state index contributed by atoms with van der Waals surface area (Å²) in [6.07, 6.45) is 3.22. The maximum atomic E-state index is 13.8. The minimum atomic E-state index is -2.84. The molecule has 0 aliphatic heterocycles. The third-order valence-corrected chi connectivity index (χ3v) is 5.52. The third kappa shape index (κ3) is 5.21. The molecule has 1 aliphatic carbocycles. The molecule has 7 nitrogen and oxygen atoms in total. The lowest BCUT2D eigenvalue weighted by molar-refractivity contribution is -0.120. The average molecular weight is 457 g/mol. The summed E-state index contributed by atoms with van der Waals surface area (Å²) in [5.74, 6) is -2.44. The summed E-state index contributed by atoms with van der Waals surface area (Å²) >= 11 is 0. The Morgan fingerprint density at radius 2 is 1.91 bits per heavy atom. The van der Waals surface area contributed by atoms with Crippen LogP contribution >= 0.6 is 0 Å². The van der Waals surface area contributed by atoms with Gasteiger partial charge in [0.25, 0.3) is 12.3 Å². The Labute approximate surface area is 188 Å². The van der Waals surface area contributed by atoms with Gasteiger partial charge in [0.1, 0.15) is 11.5 Å². The predicted octanol–water partition coefficient (Wildman–Crippen LogP) is 3.27. The molecule has 0 radical (unpaired) electrons. The lowest BCUT2D eigenvalue weighted by atomic mass is 9.90. The predicted molar refractivity (Wildman–Crippen MR) is 114 cm³/mol. The van der Waals surface area contributed by atoms with Crippen LogP contribution in [0.3, 0.4) is 0 Å². The van der Waals surface area contributed by atoms with Gasteiger partial charge in [0, 0.05) is 5.56 Å². The second kappa shape index (κ2) is 9.85. The van der Waals surface area contributed by atoms with E-state index in [4.69, 9.17) is 0 Å². The largest absolute Gasteiger partial charge is 0.349 e. The number of nitrogens with zero attached hydrogens (tertiary/aromatic N) is 3. The molecule has 10 heteroatoms. The normalized spacial score (nSPS) is 13.0. The van der Waals surface area contributed by atoms with E-state index in [1.807, 2.05) is 12.1 Å². The van der Waals surface area contributed by atoms with Gasteiger partial charge in [0.15, 0.2) is 0 Å². The second-order valence-corrected chi connectivity index (χ2v) is 7.78. The molecule has 0 saturated carbocycles. The van der Waals surface area contributed by atoms with E-state index >= 15 is 0 Å². The fourth-order valence-corrected chi connectivity index (χ4v) is 3.83. The van der Waals surface area contributed by atoms with Crippen LogP contribution in [0, 0.1) is 5.82 Å². The first-order chi connectivity index (χ1) is 15.9. The van der Waals surface area contributed by atoms with Crippen molar-refractivity contribution >= 4 is 11.8 Å². The van der Waals surface area contributed by atoms with Crippen LogP contribution in [0.2, 0.25) is 0 Å². The summed E-state index contributed by atoms with van der Waals surface area (Å²) in [4.78, 5) is 24.2. The zero-order chi connectivity index (χ0) is 23.4. The quantitative estimate of drug-likeness (QED) is 0.570. The van der Waals surface area contributed by atoms with Crippen molar-refractivity contribution in [2.24, 2.45) is 0 Å². The number of carbonyl (C=O) groups is 2. The van der Waals surface area contributed by atoms with Crippen LogP contribution in [0.15, 0.2) is 42.6 Å². The molecule has 0 saturated heterocycles. The van der Waals surface area contributed by atoms with Gasteiger partial charge in [0.05, 0.1) is 30.5 Å². The van der Waals surface area contributed by atoms with E-state index in [-0.39, 0.29) is 6.54 Å². The van der Waals surface area contributed by atoms with Crippen molar-refractivity contribution in [1.29, 1.82) is 0 Å². The van der Waals surface area contributed by atoms with Crippen molar-refractivity contribution in [1.82, 2.24) is 25.6 Å². The van der Waals surface area contributed by atoms with Gasteiger partial charge in [-0.2, -0.15) is 0 Å². The molecular weight excluding hydrogens is 435 g/mol. The van der Waals surface area contributed by atoms with E-state index in [1.54, 1.807) is 10.9 Å². The van der Waals surface area contributed by atoms with Gasteiger partial charge < -0.3 is 10.6 Å². The van der Waals surface area contributed by atoms with Crippen LogP contribution in [-0.2, 0) is 24.2 Å². The Morgan fingerprint density at radius 1 is 1.09 bits per heavy atom. The number of alkyl halides is 2. The molecular formula is C23H22F3N5O2. The van der Waals surface area contributed by atoms with E-state index < -0.39 is 41.7 Å². The number of benzene rings is 2. The van der Waals surface area contributed by atoms with Crippen LogP contribution in [-0.4, -0.2) is 33.4 Å². The highest BCUT2D eigenvalue weighted by molar-refractivity contribution is 5.96. The molecule has 0 spiro atoms. The molecule has 4 rings (SSSR count). The van der Waals surface area contributed by atoms with E-state index in [0.29, 0.717) is 5.69 Å². The first kappa shape index (κ1) is 22.5. The average Bonchev–Trinajstić information content (AvgIpc) is 3.30. The molecule has 2 aromatic carbocycles. The van der Waals surface area contributed by atoms with Crippen LogP contribution in [0.4, 0.5) is 13.2 Å². The highest BCUT2D eigenvalue weighted by Crippen LogP contribution is 2.26. The number of aryl methyl sites for hydroxylation is 1. The van der Waals surface area contributed by atoms with E-state index in [9.17, 15) is 22.8 Å². The molecule has 0 atom stereocenters. The van der Waals surface area contributed by atoms with Crippen LogP contribution in [0.25, 0.3) is 5.69 Å². The first-order valence-corrected chi connectivity index (χ1v) is 10.6. The summed E-state index contributed by atoms with van der Waals surface area (Å²) in [7, 11) is 0. The van der Waals surface area contributed by atoms with Crippen LogP contribution in [0.5, 0.6) is 0 Å². The number of hydrogen-bond donors (Lipinski definition) is 2. The van der Waals surface area contributed by atoms with Gasteiger partial charge in [-0.3, -0.25) is 9.59 Å². The number of fused-ring (bicyclic) bond motifs is 1. The van der Waals surface area contributed by atoms with Crippen LogP contribution in [0.1, 0.15) is 52.0 Å². The van der Waals surface area contributed by atoms with Gasteiger partial charge in [-0.1, -0.05) is 23.4 Å². The number of hydrogen-bond acceptors (Lipinski definition) is 4. The molecule has 2 amide bonds.